The van der Waals surface area contributed by atoms with E-state index in [2.05, 4.69) is 20.6 Å². The number of benzene rings is 1. The molecule has 12 heavy (non-hydrogen) atoms. The van der Waals surface area contributed by atoms with Crippen LogP contribution >= 0.6 is 11.6 Å². The lowest BCUT2D eigenvalue weighted by atomic mass is 10.3. The molecule has 1 N–H and O–H groups in total. The van der Waals surface area contributed by atoms with Crippen molar-refractivity contribution in [1.29, 1.82) is 0 Å². The van der Waals surface area contributed by atoms with Crippen LogP contribution in [0.25, 0.3) is 11.0 Å². The van der Waals surface area contributed by atoms with E-state index in [0.29, 0.717) is 11.0 Å². The molecule has 0 radical (unpaired) electrons. The van der Waals surface area contributed by atoms with Crippen LogP contribution in [0.15, 0.2) is 17.3 Å². The van der Waals surface area contributed by atoms with E-state index in [4.69, 9.17) is 11.6 Å². The van der Waals surface area contributed by atoms with Crippen molar-refractivity contribution in [3.8, 4) is 0 Å². The lowest BCUT2D eigenvalue weighted by molar-refractivity contribution is 0.959. The third-order valence-electron chi connectivity index (χ3n) is 1.50. The molecule has 0 saturated heterocycles. The lowest BCUT2D eigenvalue weighted by Crippen LogP contribution is -1.72. The van der Waals surface area contributed by atoms with Crippen LogP contribution in [0.2, 0.25) is 5.02 Å². The fourth-order valence-electron chi connectivity index (χ4n) is 0.961. The van der Waals surface area contributed by atoms with Gasteiger partial charge in [0.25, 0.3) is 0 Å². The molecule has 2 aromatic rings. The number of aromatic amines is 1. The molecule has 0 aliphatic rings. The summed E-state index contributed by atoms with van der Waals surface area (Å²) in [6.07, 6.45) is 0. The number of halogens is 1. The predicted octanol–water partition coefficient (Wildman–Crippen LogP) is 2.01. The van der Waals surface area contributed by atoms with Gasteiger partial charge in [0.15, 0.2) is 5.69 Å². The summed E-state index contributed by atoms with van der Waals surface area (Å²) in [5.41, 5.74) is 1.11. The summed E-state index contributed by atoms with van der Waals surface area (Å²) in [4.78, 5) is 10.3. The van der Waals surface area contributed by atoms with Crippen LogP contribution in [0.3, 0.4) is 0 Å². The van der Waals surface area contributed by atoms with Gasteiger partial charge in [0.2, 0.25) is 0 Å². The molecule has 0 atom stereocenters. The summed E-state index contributed by atoms with van der Waals surface area (Å²) in [6, 6.07) is 3.22. The number of H-pyrrole nitrogens is 1. The minimum atomic E-state index is 0.128. The van der Waals surface area contributed by atoms with Crippen LogP contribution in [0.1, 0.15) is 0 Å². The molecule has 0 aliphatic heterocycles. The van der Waals surface area contributed by atoms with Gasteiger partial charge in [0.1, 0.15) is 11.0 Å². The molecule has 0 unspecified atom stereocenters. The zero-order chi connectivity index (χ0) is 8.55. The molecule has 1 heterocycles. The van der Waals surface area contributed by atoms with Gasteiger partial charge >= 0.3 is 0 Å². The van der Waals surface area contributed by atoms with E-state index in [9.17, 15) is 4.91 Å². The number of aromatic nitrogens is 3. The van der Waals surface area contributed by atoms with E-state index < -0.39 is 0 Å². The van der Waals surface area contributed by atoms with Crippen LogP contribution < -0.4 is 0 Å². The molecular weight excluding hydrogens is 180 g/mol. The van der Waals surface area contributed by atoms with Gasteiger partial charge < -0.3 is 0 Å². The average molecular weight is 183 g/mol. The summed E-state index contributed by atoms with van der Waals surface area (Å²) >= 11 is 5.68. The second kappa shape index (κ2) is 2.53. The molecule has 1 aromatic carbocycles. The first-order valence-electron chi connectivity index (χ1n) is 3.15. The summed E-state index contributed by atoms with van der Waals surface area (Å²) in [6.45, 7) is 0. The monoisotopic (exact) mass is 182 g/mol. The quantitative estimate of drug-likeness (QED) is 0.686. The Hall–Kier alpha value is -1.49. The maximum Gasteiger partial charge on any atom is 0.156 e. The van der Waals surface area contributed by atoms with Gasteiger partial charge in [-0.25, -0.2) is 0 Å². The van der Waals surface area contributed by atoms with Crippen molar-refractivity contribution in [1.82, 2.24) is 15.4 Å². The van der Waals surface area contributed by atoms with Gasteiger partial charge in [-0.15, -0.1) is 4.91 Å². The molecule has 0 bridgehead atoms. The second-order valence-electron chi connectivity index (χ2n) is 2.18. The summed E-state index contributed by atoms with van der Waals surface area (Å²) in [5, 5.41) is 12.9. The Kier molecular flexibility index (Phi) is 1.51. The average Bonchev–Trinajstić information content (AvgIpc) is 2.52. The zero-order valence-electron chi connectivity index (χ0n) is 5.78. The fourth-order valence-corrected chi connectivity index (χ4v) is 1.15. The molecule has 60 valence electrons. The molecule has 0 aliphatic carbocycles. The highest BCUT2D eigenvalue weighted by atomic mass is 35.5. The molecule has 5 nitrogen and oxygen atoms in total. The Morgan fingerprint density at radius 2 is 2.25 bits per heavy atom. The van der Waals surface area contributed by atoms with Gasteiger partial charge in [-0.2, -0.15) is 15.4 Å². The highest BCUT2D eigenvalue weighted by molar-refractivity contribution is 6.34. The Morgan fingerprint density at radius 3 is 3.00 bits per heavy atom. The number of fused-ring (bicyclic) bond motifs is 1. The van der Waals surface area contributed by atoms with Crippen LogP contribution in [0.4, 0.5) is 5.69 Å². The summed E-state index contributed by atoms with van der Waals surface area (Å²) in [7, 11) is 0. The van der Waals surface area contributed by atoms with Crippen molar-refractivity contribution in [2.24, 2.45) is 5.18 Å². The van der Waals surface area contributed by atoms with Crippen LogP contribution in [0, 0.1) is 4.91 Å². The maximum absolute atomic E-state index is 10.3. The summed E-state index contributed by atoms with van der Waals surface area (Å²) < 4.78 is 0. The van der Waals surface area contributed by atoms with Crippen molar-refractivity contribution in [3.05, 3.63) is 22.1 Å². The van der Waals surface area contributed by atoms with E-state index in [-0.39, 0.29) is 10.7 Å². The molecule has 2 rings (SSSR count). The number of hydrogen-bond donors (Lipinski definition) is 1. The third kappa shape index (κ3) is 0.868. The van der Waals surface area contributed by atoms with E-state index in [0.717, 1.165) is 0 Å². The van der Waals surface area contributed by atoms with Gasteiger partial charge in [-0.3, -0.25) is 0 Å². The largest absolute Gasteiger partial charge is 0.197 e. The highest BCUT2D eigenvalue weighted by Gasteiger charge is 2.09. The van der Waals surface area contributed by atoms with Crippen molar-refractivity contribution in [2.75, 3.05) is 0 Å². The highest BCUT2D eigenvalue weighted by Crippen LogP contribution is 2.30. The SMILES string of the molecule is O=Nc1c(Cl)ccc2n[nH]nc12. The van der Waals surface area contributed by atoms with Crippen molar-refractivity contribution in [3.63, 3.8) is 0 Å². The molecular formula is C6H3ClN4O. The Labute approximate surface area is 71.7 Å². The van der Waals surface area contributed by atoms with E-state index in [1.165, 1.54) is 0 Å². The number of nitrogens with zero attached hydrogens (tertiary/aromatic N) is 3. The van der Waals surface area contributed by atoms with E-state index in [1.54, 1.807) is 12.1 Å². The smallest absolute Gasteiger partial charge is 0.156 e. The normalized spacial score (nSPS) is 10.4. The predicted molar refractivity (Wildman–Crippen MR) is 44.4 cm³/mol. The fraction of sp³-hybridized carbons (Fsp3) is 0. The van der Waals surface area contributed by atoms with Crippen LogP contribution in [-0.2, 0) is 0 Å². The maximum atomic E-state index is 10.3. The zero-order valence-corrected chi connectivity index (χ0v) is 6.54. The topological polar surface area (TPSA) is 71.0 Å². The third-order valence-corrected chi connectivity index (χ3v) is 1.81. The standard InChI is InChI=1S/C6H3ClN4O/c7-3-1-2-4-6(5(3)10-12)9-11-8-4/h1-2H,(H,8,9,11). The number of hydrogen-bond acceptors (Lipinski definition) is 4. The first-order chi connectivity index (χ1) is 5.83. The first kappa shape index (κ1) is 7.17. The number of nitroso groups, excluding NO2 is 1. The molecule has 0 amide bonds. The lowest BCUT2D eigenvalue weighted by Gasteiger charge is -1.91. The minimum absolute atomic E-state index is 0.128. The Bertz CT molecular complexity index is 438. The molecule has 0 fully saturated rings. The van der Waals surface area contributed by atoms with Crippen molar-refractivity contribution >= 4 is 28.3 Å². The van der Waals surface area contributed by atoms with Crippen molar-refractivity contribution in [2.45, 2.75) is 0 Å². The van der Waals surface area contributed by atoms with E-state index in [1.807, 2.05) is 0 Å². The molecule has 0 saturated carbocycles. The van der Waals surface area contributed by atoms with Gasteiger partial charge in [0, 0.05) is 0 Å². The van der Waals surface area contributed by atoms with Gasteiger partial charge in [0.05, 0.1) is 5.02 Å². The van der Waals surface area contributed by atoms with Crippen LogP contribution in [-0.4, -0.2) is 15.4 Å². The minimum Gasteiger partial charge on any atom is -0.197 e. The number of rotatable bonds is 1. The van der Waals surface area contributed by atoms with Crippen LogP contribution in [0.5, 0.6) is 0 Å². The molecule has 0 spiro atoms. The number of nitrogens with one attached hydrogen (secondary N) is 1. The Balaban J connectivity index is 2.91. The van der Waals surface area contributed by atoms with Crippen molar-refractivity contribution < 1.29 is 0 Å². The first-order valence-corrected chi connectivity index (χ1v) is 3.53. The molecule has 6 heteroatoms. The van der Waals surface area contributed by atoms with E-state index >= 15 is 0 Å². The molecule has 1 aromatic heterocycles. The Morgan fingerprint density at radius 1 is 1.42 bits per heavy atom. The van der Waals surface area contributed by atoms with Gasteiger partial charge in [-0.1, -0.05) is 11.6 Å². The van der Waals surface area contributed by atoms with Gasteiger partial charge in [-0.05, 0) is 17.3 Å². The second-order valence-corrected chi connectivity index (χ2v) is 2.59. The summed E-state index contributed by atoms with van der Waals surface area (Å²) in [5.74, 6) is 0.